The number of nitrogens with zero attached hydrogens (tertiary/aromatic N) is 2. The molecule has 2 fully saturated rings. The van der Waals surface area contributed by atoms with Gasteiger partial charge in [0.1, 0.15) is 19.3 Å². The van der Waals surface area contributed by atoms with Gasteiger partial charge in [-0.15, -0.1) is 0 Å². The minimum absolute atomic E-state index is 0.0497. The monoisotopic (exact) mass is 546 g/mol. The number of benzene rings is 1. The number of carbonyl (C=O) groups is 5. The lowest BCUT2D eigenvalue weighted by Crippen LogP contribution is -2.67. The molecule has 1 saturated heterocycles. The van der Waals surface area contributed by atoms with Crippen molar-refractivity contribution in [1.29, 1.82) is 0 Å². The maximum absolute atomic E-state index is 13.5. The van der Waals surface area contributed by atoms with Gasteiger partial charge in [-0.1, -0.05) is 44.2 Å². The number of aliphatic hydroxyl groups excluding tert-OH is 2. The number of amides is 4. The third-order valence-corrected chi connectivity index (χ3v) is 7.69. The van der Waals surface area contributed by atoms with Gasteiger partial charge in [-0.2, -0.15) is 0 Å². The summed E-state index contributed by atoms with van der Waals surface area (Å²) in [6.45, 7) is 2.54. The molecular weight excluding hydrogens is 508 g/mol. The zero-order valence-electron chi connectivity index (χ0n) is 22.7. The smallest absolute Gasteiger partial charge is 0.333 e. The standard InChI is InChI=1S/C28H38N2O9/c1-4-21(31)16-38-23(33)18-11-13-19(14-12-18)24(34)39-17-22(32)15-30-26(36)28(5-2,20-9-7-6-8-10-20)25(35)29(3)27(30)37/h6-10,18-19,21-22,31-32H,4-5,11-17H2,1-3H3. The number of aliphatic hydroxyl groups is 2. The quantitative estimate of drug-likeness (QED) is 0.313. The van der Waals surface area contributed by atoms with Crippen LogP contribution in [0.4, 0.5) is 4.79 Å². The molecule has 2 N–H and O–H groups in total. The van der Waals surface area contributed by atoms with E-state index in [0.717, 1.165) is 9.80 Å². The van der Waals surface area contributed by atoms with E-state index in [0.29, 0.717) is 37.7 Å². The molecule has 1 aromatic rings. The van der Waals surface area contributed by atoms with Crippen molar-refractivity contribution in [2.45, 2.75) is 70.0 Å². The van der Waals surface area contributed by atoms with E-state index in [1.165, 1.54) is 7.05 Å². The second kappa shape index (κ2) is 13.2. The van der Waals surface area contributed by atoms with Crippen LogP contribution in [-0.4, -0.2) is 88.8 Å². The van der Waals surface area contributed by atoms with E-state index in [-0.39, 0.29) is 24.9 Å². The van der Waals surface area contributed by atoms with Crippen LogP contribution < -0.4 is 0 Å². The predicted molar refractivity (Wildman–Crippen MR) is 138 cm³/mol. The number of carbonyl (C=O) groups excluding carboxylic acids is 5. The lowest BCUT2D eigenvalue weighted by molar-refractivity contribution is -0.159. The molecule has 3 atom stereocenters. The van der Waals surface area contributed by atoms with Crippen molar-refractivity contribution in [3.05, 3.63) is 35.9 Å². The summed E-state index contributed by atoms with van der Waals surface area (Å²) in [5.41, 5.74) is -1.15. The van der Waals surface area contributed by atoms with Gasteiger partial charge in [0.15, 0.2) is 5.41 Å². The molecule has 214 valence electrons. The molecule has 3 unspecified atom stereocenters. The Bertz CT molecular complexity index is 1050. The number of β-amino-alcohol motifs (C(OH)–C–C–N with tert-alkyl or cyclic N) is 1. The predicted octanol–water partition coefficient (Wildman–Crippen LogP) is 1.78. The van der Waals surface area contributed by atoms with Gasteiger partial charge in [0.05, 0.1) is 24.5 Å². The van der Waals surface area contributed by atoms with Crippen molar-refractivity contribution in [2.75, 3.05) is 26.8 Å². The average molecular weight is 547 g/mol. The first-order valence-corrected chi connectivity index (χ1v) is 13.5. The summed E-state index contributed by atoms with van der Waals surface area (Å²) in [7, 11) is 1.29. The molecule has 0 radical (unpaired) electrons. The molecule has 0 aromatic heterocycles. The van der Waals surface area contributed by atoms with E-state index in [4.69, 9.17) is 9.47 Å². The SMILES string of the molecule is CCC(O)COC(=O)C1CCC(C(=O)OCC(O)CN2C(=O)N(C)C(=O)C(CC)(c3ccccc3)C2=O)CC1. The van der Waals surface area contributed by atoms with Gasteiger partial charge in [-0.25, -0.2) is 4.79 Å². The molecule has 1 aliphatic carbocycles. The zero-order valence-corrected chi connectivity index (χ0v) is 22.7. The van der Waals surface area contributed by atoms with Crippen LogP contribution in [0.15, 0.2) is 30.3 Å². The average Bonchev–Trinajstić information content (AvgIpc) is 2.96. The van der Waals surface area contributed by atoms with Crippen molar-refractivity contribution in [3.8, 4) is 0 Å². The Balaban J connectivity index is 1.55. The third kappa shape index (κ3) is 6.47. The van der Waals surface area contributed by atoms with E-state index >= 15 is 0 Å². The number of barbiturate groups is 1. The molecule has 3 rings (SSSR count). The molecule has 11 heteroatoms. The maximum Gasteiger partial charge on any atom is 0.333 e. The van der Waals surface area contributed by atoms with Gasteiger partial charge in [-0.3, -0.25) is 29.0 Å². The number of hydrogen-bond acceptors (Lipinski definition) is 9. The summed E-state index contributed by atoms with van der Waals surface area (Å²) in [6, 6.07) is 7.62. The fraction of sp³-hybridized carbons (Fsp3) is 0.607. The molecule has 1 aromatic carbocycles. The number of urea groups is 1. The Morgan fingerprint density at radius 1 is 0.897 bits per heavy atom. The van der Waals surface area contributed by atoms with Gasteiger partial charge in [0, 0.05) is 7.05 Å². The number of ether oxygens (including phenoxy) is 2. The molecule has 1 saturated carbocycles. The van der Waals surface area contributed by atoms with Crippen molar-refractivity contribution in [1.82, 2.24) is 9.80 Å². The second-order valence-corrected chi connectivity index (χ2v) is 10.2. The lowest BCUT2D eigenvalue weighted by Gasteiger charge is -2.43. The fourth-order valence-electron chi connectivity index (χ4n) is 5.14. The van der Waals surface area contributed by atoms with Crippen molar-refractivity contribution >= 4 is 29.8 Å². The summed E-state index contributed by atoms with van der Waals surface area (Å²) < 4.78 is 10.4. The Morgan fingerprint density at radius 3 is 1.90 bits per heavy atom. The summed E-state index contributed by atoms with van der Waals surface area (Å²) in [5, 5.41) is 20.1. The molecule has 4 amide bonds. The molecule has 1 heterocycles. The second-order valence-electron chi connectivity index (χ2n) is 10.2. The van der Waals surface area contributed by atoms with Gasteiger partial charge in [0.2, 0.25) is 0 Å². The van der Waals surface area contributed by atoms with E-state index in [1.807, 2.05) is 0 Å². The first kappa shape index (κ1) is 30.2. The third-order valence-electron chi connectivity index (χ3n) is 7.69. The van der Waals surface area contributed by atoms with Crippen LogP contribution in [-0.2, 0) is 34.1 Å². The van der Waals surface area contributed by atoms with Gasteiger partial charge >= 0.3 is 18.0 Å². The molecule has 0 bridgehead atoms. The van der Waals surface area contributed by atoms with Crippen LogP contribution in [0, 0.1) is 11.8 Å². The minimum atomic E-state index is -1.60. The summed E-state index contributed by atoms with van der Waals surface area (Å²) in [5.74, 6) is -3.07. The van der Waals surface area contributed by atoms with Gasteiger partial charge in [0.25, 0.3) is 11.8 Å². The number of esters is 2. The highest BCUT2D eigenvalue weighted by molar-refractivity contribution is 6.22. The van der Waals surface area contributed by atoms with E-state index in [1.54, 1.807) is 44.2 Å². The van der Waals surface area contributed by atoms with Crippen LogP contribution in [0.3, 0.4) is 0 Å². The Labute approximate surface area is 228 Å². The number of rotatable bonds is 11. The normalized spacial score (nSPS) is 25.3. The Morgan fingerprint density at radius 2 is 1.41 bits per heavy atom. The van der Waals surface area contributed by atoms with E-state index < -0.39 is 60.5 Å². The Hall–Kier alpha value is -3.31. The molecule has 0 spiro atoms. The van der Waals surface area contributed by atoms with Crippen LogP contribution in [0.5, 0.6) is 0 Å². The maximum atomic E-state index is 13.5. The van der Waals surface area contributed by atoms with Gasteiger partial charge < -0.3 is 19.7 Å². The summed E-state index contributed by atoms with van der Waals surface area (Å²) in [4.78, 5) is 66.0. The molecule has 2 aliphatic rings. The number of imide groups is 2. The van der Waals surface area contributed by atoms with E-state index in [2.05, 4.69) is 0 Å². The van der Waals surface area contributed by atoms with Crippen molar-refractivity contribution < 1.29 is 43.7 Å². The first-order chi connectivity index (χ1) is 18.6. The van der Waals surface area contributed by atoms with Crippen LogP contribution in [0.1, 0.15) is 57.9 Å². The minimum Gasteiger partial charge on any atom is -0.463 e. The summed E-state index contributed by atoms with van der Waals surface area (Å²) in [6.07, 6.45) is 0.263. The fourth-order valence-corrected chi connectivity index (χ4v) is 5.14. The topological polar surface area (TPSA) is 151 Å². The number of likely N-dealkylation sites (N-methyl/N-ethyl adjacent to an activating group) is 1. The highest BCUT2D eigenvalue weighted by Gasteiger charge is 2.56. The number of hydrogen-bond donors (Lipinski definition) is 2. The summed E-state index contributed by atoms with van der Waals surface area (Å²) >= 11 is 0. The molecule has 1 aliphatic heterocycles. The van der Waals surface area contributed by atoms with E-state index in [9.17, 15) is 34.2 Å². The Kier molecular flexibility index (Phi) is 10.2. The highest BCUT2D eigenvalue weighted by Crippen LogP contribution is 2.36. The molecule has 11 nitrogen and oxygen atoms in total. The van der Waals surface area contributed by atoms with Gasteiger partial charge in [-0.05, 0) is 44.1 Å². The van der Waals surface area contributed by atoms with Crippen molar-refractivity contribution in [2.24, 2.45) is 11.8 Å². The van der Waals surface area contributed by atoms with Crippen molar-refractivity contribution in [3.63, 3.8) is 0 Å². The van der Waals surface area contributed by atoms with Crippen LogP contribution in [0.2, 0.25) is 0 Å². The van der Waals surface area contributed by atoms with Crippen LogP contribution >= 0.6 is 0 Å². The zero-order chi connectivity index (χ0) is 28.7. The molecular formula is C28H38N2O9. The highest BCUT2D eigenvalue weighted by atomic mass is 16.5. The lowest BCUT2D eigenvalue weighted by atomic mass is 9.74. The first-order valence-electron chi connectivity index (χ1n) is 13.5. The van der Waals surface area contributed by atoms with Crippen LogP contribution in [0.25, 0.3) is 0 Å². The molecule has 39 heavy (non-hydrogen) atoms. The largest absolute Gasteiger partial charge is 0.463 e.